The number of rotatable bonds is 7. The minimum Gasteiger partial charge on any atom is -0.501 e. The third-order valence-electron chi connectivity index (χ3n) is 6.28. The van der Waals surface area contributed by atoms with Crippen molar-refractivity contribution in [3.8, 4) is 5.75 Å². The van der Waals surface area contributed by atoms with Crippen molar-refractivity contribution in [1.82, 2.24) is 30.0 Å². The molecular formula is C27H29FN6O5. The molecule has 4 rings (SSSR count). The van der Waals surface area contributed by atoms with Gasteiger partial charge in [-0.25, -0.2) is 9.37 Å². The second kappa shape index (κ2) is 11.9. The molecule has 0 spiro atoms. The number of aromatic nitrogens is 2. The molecule has 1 aliphatic rings. The number of amides is 3. The summed E-state index contributed by atoms with van der Waals surface area (Å²) in [6, 6.07) is 13.1. The topological polar surface area (TPSA) is 139 Å². The van der Waals surface area contributed by atoms with Crippen molar-refractivity contribution in [2.75, 3.05) is 40.3 Å². The van der Waals surface area contributed by atoms with Crippen LogP contribution < -0.4 is 10.9 Å². The van der Waals surface area contributed by atoms with Crippen LogP contribution >= 0.6 is 0 Å². The maximum atomic E-state index is 13.4. The molecule has 0 radical (unpaired) electrons. The van der Waals surface area contributed by atoms with Gasteiger partial charge in [-0.15, -0.1) is 0 Å². The quantitative estimate of drug-likeness (QED) is 0.412. The van der Waals surface area contributed by atoms with E-state index in [0.29, 0.717) is 11.1 Å². The molecule has 1 aromatic heterocycles. The van der Waals surface area contributed by atoms with Gasteiger partial charge in [-0.3, -0.25) is 19.2 Å². The molecule has 2 heterocycles. The van der Waals surface area contributed by atoms with Crippen LogP contribution in [0, 0.1) is 5.82 Å². The van der Waals surface area contributed by atoms with Gasteiger partial charge in [-0.1, -0.05) is 30.3 Å². The van der Waals surface area contributed by atoms with Gasteiger partial charge in [-0.05, 0) is 43.9 Å². The molecule has 3 aromatic rings. The molecular weight excluding hydrogens is 507 g/mol. The van der Waals surface area contributed by atoms with Crippen molar-refractivity contribution in [3.05, 3.63) is 93.4 Å². The number of carbonyl (C=O) groups is 3. The molecule has 39 heavy (non-hydrogen) atoms. The van der Waals surface area contributed by atoms with Gasteiger partial charge >= 0.3 is 0 Å². The maximum absolute atomic E-state index is 13.4. The Hall–Kier alpha value is -4.58. The lowest BCUT2D eigenvalue weighted by Crippen LogP contribution is -2.54. The molecule has 2 aromatic carbocycles. The lowest BCUT2D eigenvalue weighted by molar-refractivity contribution is -0.134. The standard InChI is InChI=1S/C27H29FN6O5/c1-32(2)16-21(35)33-12-13-34(27(39)18-6-4-3-5-7-18)20(15-33)24-30-22(23(36)26(38)31-24)25(37)29-14-17-8-10-19(28)11-9-17/h3-11,20,36H,12-16H2,1-2H3,(H,29,37)(H,30,31,38). The number of aromatic amines is 1. The molecule has 3 N–H and O–H groups in total. The lowest BCUT2D eigenvalue weighted by Gasteiger charge is -2.41. The fourth-order valence-corrected chi connectivity index (χ4v) is 4.27. The predicted molar refractivity (Wildman–Crippen MR) is 139 cm³/mol. The number of nitrogens with one attached hydrogen (secondary N) is 2. The third-order valence-corrected chi connectivity index (χ3v) is 6.28. The van der Waals surface area contributed by atoms with E-state index in [9.17, 15) is 28.7 Å². The molecule has 12 heteroatoms. The van der Waals surface area contributed by atoms with E-state index in [1.165, 1.54) is 29.2 Å². The van der Waals surface area contributed by atoms with E-state index in [2.05, 4.69) is 15.3 Å². The highest BCUT2D eigenvalue weighted by Crippen LogP contribution is 2.26. The SMILES string of the molecule is CN(C)CC(=O)N1CCN(C(=O)c2ccccc2)C(c2nc(C(=O)NCc3ccc(F)cc3)c(O)c(=O)[nH]2)C1. The average Bonchev–Trinajstić information content (AvgIpc) is 2.93. The average molecular weight is 537 g/mol. The summed E-state index contributed by atoms with van der Waals surface area (Å²) in [5.74, 6) is -2.69. The number of hydrogen-bond acceptors (Lipinski definition) is 7. The first-order chi connectivity index (χ1) is 18.6. The number of benzene rings is 2. The van der Waals surface area contributed by atoms with Crippen molar-refractivity contribution >= 4 is 17.7 Å². The molecule has 0 aliphatic carbocycles. The van der Waals surface area contributed by atoms with Crippen LogP contribution in [0.15, 0.2) is 59.4 Å². The molecule has 11 nitrogen and oxygen atoms in total. The zero-order valence-corrected chi connectivity index (χ0v) is 21.6. The Morgan fingerprint density at radius 2 is 1.79 bits per heavy atom. The highest BCUT2D eigenvalue weighted by molar-refractivity contribution is 5.95. The van der Waals surface area contributed by atoms with Crippen LogP contribution in [0.1, 0.15) is 38.3 Å². The fraction of sp³-hybridized carbons (Fsp3) is 0.296. The van der Waals surface area contributed by atoms with Crippen molar-refractivity contribution < 1.29 is 23.9 Å². The maximum Gasteiger partial charge on any atom is 0.294 e. The van der Waals surface area contributed by atoms with Gasteiger partial charge in [0.25, 0.3) is 17.4 Å². The number of aromatic hydroxyl groups is 1. The summed E-state index contributed by atoms with van der Waals surface area (Å²) >= 11 is 0. The minimum atomic E-state index is -0.962. The molecule has 1 unspecified atom stereocenters. The largest absolute Gasteiger partial charge is 0.501 e. The van der Waals surface area contributed by atoms with E-state index < -0.39 is 34.8 Å². The highest BCUT2D eigenvalue weighted by atomic mass is 19.1. The second-order valence-electron chi connectivity index (χ2n) is 9.42. The third kappa shape index (κ3) is 6.47. The second-order valence-corrected chi connectivity index (χ2v) is 9.42. The van der Waals surface area contributed by atoms with Gasteiger partial charge < -0.3 is 30.1 Å². The van der Waals surface area contributed by atoms with Crippen LogP contribution in [-0.4, -0.2) is 87.8 Å². The van der Waals surface area contributed by atoms with Gasteiger partial charge in [0.2, 0.25) is 11.7 Å². The first-order valence-corrected chi connectivity index (χ1v) is 12.3. The number of carbonyl (C=O) groups excluding carboxylic acids is 3. The van der Waals surface area contributed by atoms with Gasteiger partial charge in [0, 0.05) is 31.7 Å². The Kier molecular flexibility index (Phi) is 8.35. The Bertz CT molecular complexity index is 1410. The molecule has 1 saturated heterocycles. The number of likely N-dealkylation sites (N-methyl/N-ethyl adjacent to an activating group) is 1. The lowest BCUT2D eigenvalue weighted by atomic mass is 10.1. The fourth-order valence-electron chi connectivity index (χ4n) is 4.27. The number of nitrogens with zero attached hydrogens (tertiary/aromatic N) is 4. The number of halogens is 1. The van der Waals surface area contributed by atoms with E-state index in [1.807, 2.05) is 0 Å². The van der Waals surface area contributed by atoms with Gasteiger partial charge in [0.05, 0.1) is 6.54 Å². The van der Waals surface area contributed by atoms with E-state index in [-0.39, 0.29) is 50.4 Å². The number of hydrogen-bond donors (Lipinski definition) is 3. The zero-order chi connectivity index (χ0) is 28.1. The summed E-state index contributed by atoms with van der Waals surface area (Å²) in [6.07, 6.45) is 0. The summed E-state index contributed by atoms with van der Waals surface area (Å²) in [4.78, 5) is 63.3. The minimum absolute atomic E-state index is 0.00275. The number of piperazine rings is 1. The summed E-state index contributed by atoms with van der Waals surface area (Å²) in [5, 5.41) is 12.9. The van der Waals surface area contributed by atoms with Crippen LogP contribution in [0.4, 0.5) is 4.39 Å². The predicted octanol–water partition coefficient (Wildman–Crippen LogP) is 1.13. The van der Waals surface area contributed by atoms with Gasteiger partial charge in [-0.2, -0.15) is 0 Å². The van der Waals surface area contributed by atoms with Crippen LogP contribution in [-0.2, 0) is 11.3 Å². The van der Waals surface area contributed by atoms with Crippen molar-refractivity contribution in [1.29, 1.82) is 0 Å². The summed E-state index contributed by atoms with van der Waals surface area (Å²) in [7, 11) is 3.53. The molecule has 0 saturated carbocycles. The molecule has 1 atom stereocenters. The number of H-pyrrole nitrogens is 1. The monoisotopic (exact) mass is 536 g/mol. The summed E-state index contributed by atoms with van der Waals surface area (Å²) in [6.45, 7) is 0.603. The van der Waals surface area contributed by atoms with E-state index in [4.69, 9.17) is 0 Å². The molecule has 3 amide bonds. The Labute approximate surface area is 223 Å². The molecule has 204 valence electrons. The van der Waals surface area contributed by atoms with Crippen LogP contribution in [0.3, 0.4) is 0 Å². The van der Waals surface area contributed by atoms with E-state index in [1.54, 1.807) is 54.2 Å². The van der Waals surface area contributed by atoms with Crippen LogP contribution in [0.25, 0.3) is 0 Å². The smallest absolute Gasteiger partial charge is 0.294 e. The normalized spacial score (nSPS) is 15.3. The van der Waals surface area contributed by atoms with E-state index in [0.717, 1.165) is 0 Å². The first kappa shape index (κ1) is 27.5. The van der Waals surface area contributed by atoms with E-state index >= 15 is 0 Å². The molecule has 1 aliphatic heterocycles. The van der Waals surface area contributed by atoms with Crippen molar-refractivity contribution in [2.45, 2.75) is 12.6 Å². The van der Waals surface area contributed by atoms with Gasteiger partial charge in [0.1, 0.15) is 17.7 Å². The first-order valence-electron chi connectivity index (χ1n) is 12.3. The summed E-state index contributed by atoms with van der Waals surface area (Å²) in [5.41, 5.74) is -0.485. The van der Waals surface area contributed by atoms with Crippen molar-refractivity contribution in [2.24, 2.45) is 0 Å². The molecule has 1 fully saturated rings. The van der Waals surface area contributed by atoms with Crippen molar-refractivity contribution in [3.63, 3.8) is 0 Å². The van der Waals surface area contributed by atoms with Crippen LogP contribution in [0.5, 0.6) is 5.75 Å². The molecule has 0 bridgehead atoms. The summed E-state index contributed by atoms with van der Waals surface area (Å²) < 4.78 is 13.2. The van der Waals surface area contributed by atoms with Gasteiger partial charge in [0.15, 0.2) is 5.69 Å². The Balaban J connectivity index is 1.66. The zero-order valence-electron chi connectivity index (χ0n) is 21.6. The van der Waals surface area contributed by atoms with Crippen LogP contribution in [0.2, 0.25) is 0 Å². The Morgan fingerprint density at radius 3 is 2.46 bits per heavy atom. The highest BCUT2D eigenvalue weighted by Gasteiger charge is 2.36. The Morgan fingerprint density at radius 1 is 1.10 bits per heavy atom.